The SMILES string of the molecule is COCCCNC(=O)C(C)NCCCCCO. The highest BCUT2D eigenvalue weighted by atomic mass is 16.5. The Bertz CT molecular complexity index is 189. The van der Waals surface area contributed by atoms with Gasteiger partial charge in [-0.2, -0.15) is 0 Å². The fourth-order valence-electron chi connectivity index (χ4n) is 1.41. The topological polar surface area (TPSA) is 70.6 Å². The predicted molar refractivity (Wildman–Crippen MR) is 67.9 cm³/mol. The lowest BCUT2D eigenvalue weighted by atomic mass is 10.2. The van der Waals surface area contributed by atoms with Gasteiger partial charge in [-0.3, -0.25) is 4.79 Å². The van der Waals surface area contributed by atoms with Crippen LogP contribution in [-0.4, -0.2) is 50.5 Å². The molecule has 0 aliphatic heterocycles. The molecule has 3 N–H and O–H groups in total. The van der Waals surface area contributed by atoms with Crippen molar-refractivity contribution in [2.45, 2.75) is 38.6 Å². The highest BCUT2D eigenvalue weighted by molar-refractivity contribution is 5.81. The molecule has 102 valence electrons. The van der Waals surface area contributed by atoms with Crippen LogP contribution in [0.1, 0.15) is 32.6 Å². The number of methoxy groups -OCH3 is 1. The van der Waals surface area contributed by atoms with Crippen molar-refractivity contribution in [3.8, 4) is 0 Å². The molecule has 0 heterocycles. The number of carbonyl (C=O) groups excluding carboxylic acids is 1. The van der Waals surface area contributed by atoms with Gasteiger partial charge in [0.2, 0.25) is 5.91 Å². The Balaban J connectivity index is 3.40. The van der Waals surface area contributed by atoms with Crippen LogP contribution >= 0.6 is 0 Å². The summed E-state index contributed by atoms with van der Waals surface area (Å²) in [7, 11) is 1.65. The molecule has 0 aliphatic rings. The van der Waals surface area contributed by atoms with Gasteiger partial charge in [-0.15, -0.1) is 0 Å². The molecule has 0 aliphatic carbocycles. The predicted octanol–water partition coefficient (Wildman–Crippen LogP) is 0.280. The summed E-state index contributed by atoms with van der Waals surface area (Å²) in [5.41, 5.74) is 0. The average Bonchev–Trinajstić information content (AvgIpc) is 2.34. The molecule has 0 saturated heterocycles. The number of aliphatic hydroxyl groups excluding tert-OH is 1. The van der Waals surface area contributed by atoms with Gasteiger partial charge < -0.3 is 20.5 Å². The first kappa shape index (κ1) is 16.4. The van der Waals surface area contributed by atoms with Gasteiger partial charge >= 0.3 is 0 Å². The van der Waals surface area contributed by atoms with Crippen LogP contribution in [0, 0.1) is 0 Å². The van der Waals surface area contributed by atoms with Gasteiger partial charge in [0.05, 0.1) is 6.04 Å². The average molecular weight is 246 g/mol. The third kappa shape index (κ3) is 10.2. The molecule has 1 amide bonds. The number of nitrogens with one attached hydrogen (secondary N) is 2. The van der Waals surface area contributed by atoms with E-state index >= 15 is 0 Å². The summed E-state index contributed by atoms with van der Waals surface area (Å²) in [6.45, 7) is 4.24. The van der Waals surface area contributed by atoms with Crippen molar-refractivity contribution in [3.63, 3.8) is 0 Å². The molecule has 1 atom stereocenters. The molecular weight excluding hydrogens is 220 g/mol. The van der Waals surface area contributed by atoms with Crippen LogP contribution in [0.5, 0.6) is 0 Å². The van der Waals surface area contributed by atoms with Crippen LogP contribution in [0.3, 0.4) is 0 Å². The molecule has 0 rings (SSSR count). The van der Waals surface area contributed by atoms with Gasteiger partial charge in [-0.25, -0.2) is 0 Å². The lowest BCUT2D eigenvalue weighted by molar-refractivity contribution is -0.122. The van der Waals surface area contributed by atoms with Gasteiger partial charge in [-0.05, 0) is 39.2 Å². The van der Waals surface area contributed by atoms with E-state index in [0.717, 1.165) is 32.2 Å². The first-order valence-corrected chi connectivity index (χ1v) is 6.33. The maximum Gasteiger partial charge on any atom is 0.236 e. The maximum atomic E-state index is 11.6. The van der Waals surface area contributed by atoms with E-state index in [4.69, 9.17) is 9.84 Å². The summed E-state index contributed by atoms with van der Waals surface area (Å²) in [6.07, 6.45) is 3.65. The molecule has 0 saturated carbocycles. The fourth-order valence-corrected chi connectivity index (χ4v) is 1.41. The van der Waals surface area contributed by atoms with Gasteiger partial charge in [0, 0.05) is 26.9 Å². The second kappa shape index (κ2) is 11.8. The largest absolute Gasteiger partial charge is 0.396 e. The minimum absolute atomic E-state index is 0.0308. The molecule has 0 aromatic rings. The minimum atomic E-state index is -0.160. The Morgan fingerprint density at radius 2 is 2.00 bits per heavy atom. The Labute approximate surface area is 104 Å². The number of ether oxygens (including phenoxy) is 1. The Hall–Kier alpha value is -0.650. The number of amides is 1. The molecule has 5 nitrogen and oxygen atoms in total. The van der Waals surface area contributed by atoms with Crippen LogP contribution in [0.15, 0.2) is 0 Å². The summed E-state index contributed by atoms with van der Waals surface area (Å²) in [4.78, 5) is 11.6. The maximum absolute atomic E-state index is 11.6. The number of hydrogen-bond acceptors (Lipinski definition) is 4. The van der Waals surface area contributed by atoms with Crippen molar-refractivity contribution >= 4 is 5.91 Å². The monoisotopic (exact) mass is 246 g/mol. The zero-order valence-electron chi connectivity index (χ0n) is 11.0. The van der Waals surface area contributed by atoms with E-state index in [1.807, 2.05) is 6.92 Å². The molecule has 0 bridgehead atoms. The second-order valence-electron chi connectivity index (χ2n) is 4.10. The summed E-state index contributed by atoms with van der Waals surface area (Å²) in [5.74, 6) is 0.0308. The molecule has 5 heteroatoms. The third-order valence-corrected chi connectivity index (χ3v) is 2.50. The summed E-state index contributed by atoms with van der Waals surface area (Å²) >= 11 is 0. The van der Waals surface area contributed by atoms with Crippen LogP contribution < -0.4 is 10.6 Å². The Morgan fingerprint density at radius 1 is 1.24 bits per heavy atom. The van der Waals surface area contributed by atoms with E-state index < -0.39 is 0 Å². The van der Waals surface area contributed by atoms with Crippen LogP contribution in [0.25, 0.3) is 0 Å². The molecule has 0 spiro atoms. The van der Waals surface area contributed by atoms with Gasteiger partial charge in [0.1, 0.15) is 0 Å². The zero-order valence-corrected chi connectivity index (χ0v) is 11.0. The van der Waals surface area contributed by atoms with E-state index in [-0.39, 0.29) is 18.6 Å². The van der Waals surface area contributed by atoms with Crippen LogP contribution in [-0.2, 0) is 9.53 Å². The van der Waals surface area contributed by atoms with E-state index in [1.54, 1.807) is 7.11 Å². The summed E-state index contributed by atoms with van der Waals surface area (Å²) in [6, 6.07) is -0.160. The van der Waals surface area contributed by atoms with Gasteiger partial charge in [0.25, 0.3) is 0 Å². The minimum Gasteiger partial charge on any atom is -0.396 e. The molecule has 0 radical (unpaired) electrons. The molecule has 0 aromatic heterocycles. The number of carbonyl (C=O) groups is 1. The fraction of sp³-hybridized carbons (Fsp3) is 0.917. The van der Waals surface area contributed by atoms with E-state index in [2.05, 4.69) is 10.6 Å². The second-order valence-corrected chi connectivity index (χ2v) is 4.10. The number of aliphatic hydroxyl groups is 1. The third-order valence-electron chi connectivity index (χ3n) is 2.50. The van der Waals surface area contributed by atoms with Crippen LogP contribution in [0.4, 0.5) is 0 Å². The van der Waals surface area contributed by atoms with Crippen molar-refractivity contribution in [1.29, 1.82) is 0 Å². The first-order valence-electron chi connectivity index (χ1n) is 6.33. The number of rotatable bonds is 11. The zero-order chi connectivity index (χ0) is 12.9. The van der Waals surface area contributed by atoms with Gasteiger partial charge in [-0.1, -0.05) is 0 Å². The van der Waals surface area contributed by atoms with Crippen molar-refractivity contribution < 1.29 is 14.6 Å². The molecule has 0 aromatic carbocycles. The van der Waals surface area contributed by atoms with Crippen LogP contribution in [0.2, 0.25) is 0 Å². The first-order chi connectivity index (χ1) is 8.22. The van der Waals surface area contributed by atoms with Crippen molar-refractivity contribution in [2.24, 2.45) is 0 Å². The van der Waals surface area contributed by atoms with E-state index in [9.17, 15) is 4.79 Å². The number of hydrogen-bond donors (Lipinski definition) is 3. The smallest absolute Gasteiger partial charge is 0.236 e. The van der Waals surface area contributed by atoms with Crippen molar-refractivity contribution in [1.82, 2.24) is 10.6 Å². The van der Waals surface area contributed by atoms with Gasteiger partial charge in [0.15, 0.2) is 0 Å². The van der Waals surface area contributed by atoms with Crippen molar-refractivity contribution in [2.75, 3.05) is 33.4 Å². The molecule has 1 unspecified atom stereocenters. The van der Waals surface area contributed by atoms with Crippen molar-refractivity contribution in [3.05, 3.63) is 0 Å². The molecule has 0 fully saturated rings. The lowest BCUT2D eigenvalue weighted by Gasteiger charge is -2.13. The standard InChI is InChI=1S/C12H26N2O3/c1-11(13-7-4-3-5-9-15)12(16)14-8-6-10-17-2/h11,13,15H,3-10H2,1-2H3,(H,14,16). The quantitative estimate of drug-likeness (QED) is 0.458. The summed E-state index contributed by atoms with van der Waals surface area (Å²) in [5, 5.41) is 14.6. The summed E-state index contributed by atoms with van der Waals surface area (Å²) < 4.78 is 4.90. The highest BCUT2D eigenvalue weighted by Crippen LogP contribution is 1.93. The lowest BCUT2D eigenvalue weighted by Crippen LogP contribution is -2.42. The molecule has 17 heavy (non-hydrogen) atoms. The molecular formula is C12H26N2O3. The number of unbranched alkanes of at least 4 members (excludes halogenated alkanes) is 2. The van der Waals surface area contributed by atoms with E-state index in [0.29, 0.717) is 13.2 Å². The van der Waals surface area contributed by atoms with E-state index in [1.165, 1.54) is 0 Å². The highest BCUT2D eigenvalue weighted by Gasteiger charge is 2.10. The Kier molecular flexibility index (Phi) is 11.4. The normalized spacial score (nSPS) is 12.4. The Morgan fingerprint density at radius 3 is 2.65 bits per heavy atom.